The zero-order valence-electron chi connectivity index (χ0n) is 18.5. The lowest BCUT2D eigenvalue weighted by Gasteiger charge is -2.12. The fourth-order valence-corrected chi connectivity index (χ4v) is 4.59. The van der Waals surface area contributed by atoms with Gasteiger partial charge in [-0.2, -0.15) is 4.98 Å². The molecule has 0 spiro atoms. The van der Waals surface area contributed by atoms with Crippen LogP contribution in [0.3, 0.4) is 0 Å². The van der Waals surface area contributed by atoms with Gasteiger partial charge in [-0.3, -0.25) is 9.59 Å². The second-order valence-electron chi connectivity index (χ2n) is 7.96. The third-order valence-electron chi connectivity index (χ3n) is 5.21. The minimum absolute atomic E-state index is 0.323. The van der Waals surface area contributed by atoms with E-state index in [-0.39, 0.29) is 0 Å². The Kier molecular flexibility index (Phi) is 6.05. The number of thiazole rings is 1. The van der Waals surface area contributed by atoms with Gasteiger partial charge in [0.15, 0.2) is 5.82 Å². The standard InChI is InChI=1S/C24H25N5O2S/c1-14-6-5-7-18(12-14)21-27-24-29(28-21)19(13-32-24)8-9-25-22(30)23(31)26-20-16(3)10-15(2)11-17(20)4/h5-7,10-13H,8-9H2,1-4H3,(H,25,30)(H,26,31). The summed E-state index contributed by atoms with van der Waals surface area (Å²) in [7, 11) is 0. The Labute approximate surface area is 190 Å². The molecule has 0 aliphatic heterocycles. The van der Waals surface area contributed by atoms with Gasteiger partial charge in [-0.15, -0.1) is 16.4 Å². The molecule has 0 fully saturated rings. The summed E-state index contributed by atoms with van der Waals surface area (Å²) >= 11 is 1.50. The van der Waals surface area contributed by atoms with Gasteiger partial charge >= 0.3 is 11.8 Å². The molecule has 4 aromatic rings. The highest BCUT2D eigenvalue weighted by molar-refractivity contribution is 7.15. The zero-order valence-corrected chi connectivity index (χ0v) is 19.3. The molecule has 0 saturated carbocycles. The van der Waals surface area contributed by atoms with E-state index in [1.165, 1.54) is 11.3 Å². The Morgan fingerprint density at radius 2 is 1.75 bits per heavy atom. The second-order valence-corrected chi connectivity index (χ2v) is 8.80. The van der Waals surface area contributed by atoms with Crippen LogP contribution in [0.5, 0.6) is 0 Å². The number of aromatic nitrogens is 3. The summed E-state index contributed by atoms with van der Waals surface area (Å²) in [6.45, 7) is 8.19. The highest BCUT2D eigenvalue weighted by Crippen LogP contribution is 2.23. The predicted molar refractivity (Wildman–Crippen MR) is 127 cm³/mol. The maximum Gasteiger partial charge on any atom is 0.313 e. The Morgan fingerprint density at radius 1 is 1.00 bits per heavy atom. The first-order valence-corrected chi connectivity index (χ1v) is 11.3. The first-order chi connectivity index (χ1) is 15.3. The maximum absolute atomic E-state index is 12.3. The van der Waals surface area contributed by atoms with Crippen LogP contribution in [0.1, 0.15) is 27.9 Å². The number of rotatable bonds is 5. The smallest absolute Gasteiger partial charge is 0.313 e. The minimum Gasteiger partial charge on any atom is -0.347 e. The van der Waals surface area contributed by atoms with Crippen LogP contribution in [-0.2, 0) is 16.0 Å². The van der Waals surface area contributed by atoms with Crippen LogP contribution in [0.4, 0.5) is 5.69 Å². The van der Waals surface area contributed by atoms with Crippen molar-refractivity contribution in [2.75, 3.05) is 11.9 Å². The number of hydrogen-bond donors (Lipinski definition) is 2. The van der Waals surface area contributed by atoms with Crippen molar-refractivity contribution in [1.29, 1.82) is 0 Å². The highest BCUT2D eigenvalue weighted by Gasteiger charge is 2.17. The van der Waals surface area contributed by atoms with E-state index in [2.05, 4.69) is 26.8 Å². The van der Waals surface area contributed by atoms with E-state index in [0.717, 1.165) is 38.5 Å². The molecular weight excluding hydrogens is 422 g/mol. The number of aryl methyl sites for hydroxylation is 4. The first-order valence-electron chi connectivity index (χ1n) is 10.4. The normalized spacial score (nSPS) is 11.0. The van der Waals surface area contributed by atoms with Gasteiger partial charge in [0.05, 0.1) is 5.69 Å². The molecule has 2 heterocycles. The number of carbonyl (C=O) groups excluding carboxylic acids is 2. The lowest BCUT2D eigenvalue weighted by molar-refractivity contribution is -0.136. The molecule has 0 saturated heterocycles. The quantitative estimate of drug-likeness (QED) is 0.453. The number of benzene rings is 2. The molecule has 4 rings (SSSR count). The van der Waals surface area contributed by atoms with Crippen molar-refractivity contribution in [2.45, 2.75) is 34.1 Å². The van der Waals surface area contributed by atoms with Gasteiger partial charge in [0.2, 0.25) is 4.96 Å². The fraction of sp³-hybridized carbons (Fsp3) is 0.250. The molecule has 2 aromatic heterocycles. The van der Waals surface area contributed by atoms with Gasteiger partial charge in [-0.25, -0.2) is 4.52 Å². The highest BCUT2D eigenvalue weighted by atomic mass is 32.1. The summed E-state index contributed by atoms with van der Waals surface area (Å²) < 4.78 is 1.80. The van der Waals surface area contributed by atoms with Crippen LogP contribution >= 0.6 is 11.3 Å². The van der Waals surface area contributed by atoms with Crippen molar-refractivity contribution < 1.29 is 9.59 Å². The molecule has 0 atom stereocenters. The topological polar surface area (TPSA) is 88.4 Å². The molecule has 0 unspecified atom stereocenters. The first kappa shape index (κ1) is 21.7. The van der Waals surface area contributed by atoms with E-state index < -0.39 is 11.8 Å². The molecule has 2 aromatic carbocycles. The van der Waals surface area contributed by atoms with Crippen LogP contribution in [0, 0.1) is 27.7 Å². The van der Waals surface area contributed by atoms with E-state index in [1.807, 2.05) is 63.4 Å². The number of nitrogens with zero attached hydrogens (tertiary/aromatic N) is 3. The minimum atomic E-state index is -0.669. The second kappa shape index (κ2) is 8.92. The average molecular weight is 448 g/mol. The van der Waals surface area contributed by atoms with E-state index >= 15 is 0 Å². The van der Waals surface area contributed by atoms with Crippen LogP contribution in [0.15, 0.2) is 41.8 Å². The van der Waals surface area contributed by atoms with Crippen molar-refractivity contribution in [3.05, 3.63) is 69.7 Å². The SMILES string of the molecule is Cc1cccc(-c2nc3scc(CCNC(=O)C(=O)Nc4c(C)cc(C)cc4C)n3n2)c1. The van der Waals surface area contributed by atoms with E-state index in [1.54, 1.807) is 4.52 Å². The summed E-state index contributed by atoms with van der Waals surface area (Å²) in [6.07, 6.45) is 0.540. The molecular formula is C24H25N5O2S. The fourth-order valence-electron chi connectivity index (χ4n) is 3.73. The van der Waals surface area contributed by atoms with Crippen LogP contribution in [-0.4, -0.2) is 33.0 Å². The Balaban J connectivity index is 1.38. The third kappa shape index (κ3) is 4.55. The number of hydrogen-bond acceptors (Lipinski definition) is 5. The van der Waals surface area contributed by atoms with Gasteiger partial charge in [0.1, 0.15) is 0 Å². The largest absolute Gasteiger partial charge is 0.347 e. The molecule has 8 heteroatoms. The van der Waals surface area contributed by atoms with Gasteiger partial charge < -0.3 is 10.6 Å². The molecule has 0 aliphatic rings. The van der Waals surface area contributed by atoms with Crippen molar-refractivity contribution in [2.24, 2.45) is 0 Å². The number of fused-ring (bicyclic) bond motifs is 1. The predicted octanol–water partition coefficient (Wildman–Crippen LogP) is 3.99. The number of carbonyl (C=O) groups is 2. The van der Waals surface area contributed by atoms with Crippen LogP contribution in [0.2, 0.25) is 0 Å². The molecule has 32 heavy (non-hydrogen) atoms. The summed E-state index contributed by atoms with van der Waals surface area (Å²) in [4.78, 5) is 30.0. The van der Waals surface area contributed by atoms with Gasteiger partial charge in [-0.1, -0.05) is 41.5 Å². The molecule has 0 aliphatic carbocycles. The number of amides is 2. The summed E-state index contributed by atoms with van der Waals surface area (Å²) in [5.74, 6) is -0.651. The van der Waals surface area contributed by atoms with Crippen molar-refractivity contribution in [1.82, 2.24) is 19.9 Å². The van der Waals surface area contributed by atoms with Crippen molar-refractivity contribution in [3.63, 3.8) is 0 Å². The number of anilines is 1. The molecule has 164 valence electrons. The van der Waals surface area contributed by atoms with Gasteiger partial charge in [0.25, 0.3) is 0 Å². The van der Waals surface area contributed by atoms with Crippen molar-refractivity contribution >= 4 is 33.8 Å². The Hall–Kier alpha value is -3.52. The Bertz CT molecular complexity index is 1300. The van der Waals surface area contributed by atoms with Crippen LogP contribution < -0.4 is 10.6 Å². The van der Waals surface area contributed by atoms with Crippen LogP contribution in [0.25, 0.3) is 16.3 Å². The zero-order chi connectivity index (χ0) is 22.8. The monoisotopic (exact) mass is 447 g/mol. The molecule has 7 nitrogen and oxygen atoms in total. The van der Waals surface area contributed by atoms with E-state index in [4.69, 9.17) is 0 Å². The summed E-state index contributed by atoms with van der Waals surface area (Å²) in [5, 5.41) is 12.0. The molecule has 0 bridgehead atoms. The third-order valence-corrected chi connectivity index (χ3v) is 6.08. The average Bonchev–Trinajstić information content (AvgIpc) is 3.32. The Morgan fingerprint density at radius 3 is 2.47 bits per heavy atom. The summed E-state index contributed by atoms with van der Waals surface area (Å²) in [5.41, 5.74) is 6.71. The van der Waals surface area contributed by atoms with Crippen molar-refractivity contribution in [3.8, 4) is 11.4 Å². The summed E-state index contributed by atoms with van der Waals surface area (Å²) in [6, 6.07) is 12.0. The van der Waals surface area contributed by atoms with E-state index in [9.17, 15) is 9.59 Å². The molecule has 0 radical (unpaired) electrons. The van der Waals surface area contributed by atoms with E-state index in [0.29, 0.717) is 24.5 Å². The number of nitrogens with one attached hydrogen (secondary N) is 2. The van der Waals surface area contributed by atoms with Gasteiger partial charge in [-0.05, 0) is 44.9 Å². The maximum atomic E-state index is 12.3. The lowest BCUT2D eigenvalue weighted by atomic mass is 10.1. The van der Waals surface area contributed by atoms with Gasteiger partial charge in [0, 0.05) is 29.6 Å². The molecule has 2 amide bonds. The molecule has 2 N–H and O–H groups in total. The lowest BCUT2D eigenvalue weighted by Crippen LogP contribution is -2.36.